The van der Waals surface area contributed by atoms with Crippen LogP contribution < -0.4 is 10.2 Å². The van der Waals surface area contributed by atoms with Crippen LogP contribution in [0.5, 0.6) is 0 Å². The van der Waals surface area contributed by atoms with Crippen LogP contribution in [-0.4, -0.2) is 86.4 Å². The number of carbonyl (C=O) groups is 1. The van der Waals surface area contributed by atoms with Crippen molar-refractivity contribution in [2.24, 2.45) is 5.41 Å². The van der Waals surface area contributed by atoms with Crippen molar-refractivity contribution in [3.05, 3.63) is 66.1 Å². The molecular formula is C31H36N10O. The van der Waals surface area contributed by atoms with E-state index >= 15 is 0 Å². The van der Waals surface area contributed by atoms with E-state index in [0.717, 1.165) is 49.6 Å². The molecule has 4 aromatic rings. The predicted octanol–water partition coefficient (Wildman–Crippen LogP) is 3.53. The van der Waals surface area contributed by atoms with E-state index in [1.54, 1.807) is 4.52 Å². The number of fused-ring (bicyclic) bond motifs is 1. The lowest BCUT2D eigenvalue weighted by atomic mass is 9.72. The Bertz CT molecular complexity index is 1640. The first kappa shape index (κ1) is 26.5. The number of aromatic nitrogens is 5. The molecule has 216 valence electrons. The molecule has 6 heterocycles. The van der Waals surface area contributed by atoms with Gasteiger partial charge in [0.05, 0.1) is 24.4 Å². The number of anilines is 3. The minimum Gasteiger partial charge on any atom is -0.363 e. The van der Waals surface area contributed by atoms with Crippen LogP contribution in [0.2, 0.25) is 0 Å². The van der Waals surface area contributed by atoms with Crippen LogP contribution in [0.4, 0.5) is 17.3 Å². The molecule has 0 radical (unpaired) electrons. The van der Waals surface area contributed by atoms with Crippen LogP contribution in [0.25, 0.3) is 5.65 Å². The van der Waals surface area contributed by atoms with E-state index in [9.17, 15) is 10.1 Å². The van der Waals surface area contributed by atoms with Gasteiger partial charge in [-0.2, -0.15) is 15.3 Å². The van der Waals surface area contributed by atoms with Gasteiger partial charge in [-0.1, -0.05) is 6.92 Å². The number of hydrogen-bond acceptors (Lipinski definition) is 8. The van der Waals surface area contributed by atoms with Crippen LogP contribution in [-0.2, 0) is 12.0 Å². The third-order valence-electron chi connectivity index (χ3n) is 9.37. The molecule has 3 aliphatic heterocycles. The molecule has 11 nitrogen and oxygen atoms in total. The number of carbonyl (C=O) groups excluding carboxylic acids is 1. The van der Waals surface area contributed by atoms with E-state index in [1.165, 1.54) is 18.4 Å². The third kappa shape index (κ3) is 4.56. The second-order valence-electron chi connectivity index (χ2n) is 12.3. The van der Waals surface area contributed by atoms with Gasteiger partial charge in [-0.15, -0.1) is 5.10 Å². The molecule has 1 N–H and O–H groups in total. The Kier molecular flexibility index (Phi) is 6.39. The molecule has 0 bridgehead atoms. The normalized spacial score (nSPS) is 19.4. The zero-order chi connectivity index (χ0) is 28.9. The monoisotopic (exact) mass is 564 g/mol. The van der Waals surface area contributed by atoms with Gasteiger partial charge in [0.25, 0.3) is 5.91 Å². The summed E-state index contributed by atoms with van der Waals surface area (Å²) in [7, 11) is 2.17. The Hall–Kier alpha value is -4.43. The number of nitrogens with one attached hydrogen (secondary N) is 1. The van der Waals surface area contributed by atoms with Crippen LogP contribution in [0.1, 0.15) is 42.1 Å². The highest BCUT2D eigenvalue weighted by molar-refractivity contribution is 5.95. The average Bonchev–Trinajstić information content (AvgIpc) is 3.61. The molecule has 1 amide bonds. The molecule has 0 unspecified atom stereocenters. The van der Waals surface area contributed by atoms with Gasteiger partial charge in [0, 0.05) is 55.2 Å². The molecule has 0 saturated carbocycles. The van der Waals surface area contributed by atoms with Crippen LogP contribution in [0.3, 0.4) is 0 Å². The minimum absolute atomic E-state index is 0.102. The number of pyridine rings is 1. The summed E-state index contributed by atoms with van der Waals surface area (Å²) >= 11 is 0. The fourth-order valence-corrected chi connectivity index (χ4v) is 6.64. The number of amides is 1. The first-order chi connectivity index (χ1) is 20.4. The summed E-state index contributed by atoms with van der Waals surface area (Å²) in [6.45, 7) is 7.41. The quantitative estimate of drug-likeness (QED) is 0.363. The highest BCUT2D eigenvalue weighted by atomic mass is 16.2. The van der Waals surface area contributed by atoms with Crippen molar-refractivity contribution >= 4 is 28.9 Å². The highest BCUT2D eigenvalue weighted by Gasteiger charge is 2.47. The number of piperidine rings is 1. The molecule has 42 heavy (non-hydrogen) atoms. The van der Waals surface area contributed by atoms with Gasteiger partial charge in [-0.25, -0.2) is 4.52 Å². The summed E-state index contributed by atoms with van der Waals surface area (Å²) < 4.78 is 3.73. The van der Waals surface area contributed by atoms with E-state index in [1.807, 2.05) is 58.4 Å². The topological polar surface area (TPSA) is 111 Å². The standard InChI is InChI=1S/C31H36N10O/c1-3-23-17-33-41(18-23)31(10-13-32)21-38(22-31)26-5-4-14-40-27(26)35-29(36-40)34-25-8-6-24(7-9-25)28(42)39-19-30(20-39)11-15-37(2)16-12-30/h4-9,14,17-18H,3,10-12,15-16,19-22H2,1-2H3,(H,34,36). The second-order valence-corrected chi connectivity index (χ2v) is 12.3. The molecule has 11 heteroatoms. The maximum Gasteiger partial charge on any atom is 0.253 e. The summed E-state index contributed by atoms with van der Waals surface area (Å²) in [5, 5.41) is 22.0. The van der Waals surface area contributed by atoms with Crippen molar-refractivity contribution in [1.29, 1.82) is 5.26 Å². The lowest BCUT2D eigenvalue weighted by Gasteiger charge is -2.53. The molecule has 1 spiro atoms. The Balaban J connectivity index is 1.02. The minimum atomic E-state index is -0.348. The number of nitriles is 1. The largest absolute Gasteiger partial charge is 0.363 e. The van der Waals surface area contributed by atoms with Crippen molar-refractivity contribution in [2.45, 2.75) is 38.1 Å². The molecule has 3 fully saturated rings. The number of rotatable bonds is 7. The van der Waals surface area contributed by atoms with Gasteiger partial charge in [-0.05, 0) is 81.4 Å². The summed E-state index contributed by atoms with van der Waals surface area (Å²) in [6, 6.07) is 13.9. The van der Waals surface area contributed by atoms with Crippen molar-refractivity contribution in [2.75, 3.05) is 56.5 Å². The Labute approximate surface area is 245 Å². The van der Waals surface area contributed by atoms with Gasteiger partial charge < -0.3 is 20.0 Å². The zero-order valence-electron chi connectivity index (χ0n) is 24.2. The SMILES string of the molecule is CCc1cnn(C2(CC#N)CN(c3cccn4nc(Nc5ccc(C(=O)N6CC7(CCN(C)CC7)C6)cc5)nc34)C2)c1. The number of aryl methyl sites for hydroxylation is 1. The van der Waals surface area contributed by atoms with Gasteiger partial charge >= 0.3 is 0 Å². The maximum absolute atomic E-state index is 13.1. The van der Waals surface area contributed by atoms with E-state index in [4.69, 9.17) is 4.98 Å². The molecule has 3 saturated heterocycles. The summed E-state index contributed by atoms with van der Waals surface area (Å²) in [5.41, 5.74) is 4.37. The van der Waals surface area contributed by atoms with E-state index in [0.29, 0.717) is 36.4 Å². The van der Waals surface area contributed by atoms with Crippen LogP contribution in [0.15, 0.2) is 55.0 Å². The summed E-state index contributed by atoms with van der Waals surface area (Å²) in [6.07, 6.45) is 9.48. The van der Waals surface area contributed by atoms with Gasteiger partial charge in [-0.3, -0.25) is 9.48 Å². The number of likely N-dealkylation sites (tertiary alicyclic amines) is 2. The van der Waals surface area contributed by atoms with E-state index < -0.39 is 0 Å². The lowest BCUT2D eigenvalue weighted by Crippen LogP contribution is -2.63. The molecular weight excluding hydrogens is 528 g/mol. The second kappa shape index (κ2) is 10.1. The number of benzene rings is 1. The van der Waals surface area contributed by atoms with Gasteiger partial charge in [0.2, 0.25) is 5.95 Å². The van der Waals surface area contributed by atoms with Crippen LogP contribution >= 0.6 is 0 Å². The predicted molar refractivity (Wildman–Crippen MR) is 160 cm³/mol. The summed E-state index contributed by atoms with van der Waals surface area (Å²) in [4.78, 5) is 24.4. The average molecular weight is 565 g/mol. The molecule has 0 aliphatic carbocycles. The molecule has 0 atom stereocenters. The van der Waals surface area contributed by atoms with Crippen LogP contribution in [0, 0.1) is 16.7 Å². The smallest absolute Gasteiger partial charge is 0.253 e. The van der Waals surface area contributed by atoms with Crippen molar-refractivity contribution in [3.8, 4) is 6.07 Å². The third-order valence-corrected chi connectivity index (χ3v) is 9.37. The molecule has 3 aromatic heterocycles. The molecule has 7 rings (SSSR count). The van der Waals surface area contributed by atoms with Crippen molar-refractivity contribution in [3.63, 3.8) is 0 Å². The Morgan fingerprint density at radius 1 is 1.10 bits per heavy atom. The van der Waals surface area contributed by atoms with Gasteiger partial charge in [0.15, 0.2) is 5.65 Å². The number of nitrogens with zero attached hydrogens (tertiary/aromatic N) is 9. The van der Waals surface area contributed by atoms with Gasteiger partial charge in [0.1, 0.15) is 5.54 Å². The zero-order valence-corrected chi connectivity index (χ0v) is 24.2. The van der Waals surface area contributed by atoms with E-state index in [2.05, 4.69) is 51.6 Å². The summed E-state index contributed by atoms with van der Waals surface area (Å²) in [5.74, 6) is 0.585. The molecule has 3 aliphatic rings. The fourth-order valence-electron chi connectivity index (χ4n) is 6.64. The maximum atomic E-state index is 13.1. The fraction of sp³-hybridized carbons (Fsp3) is 0.452. The first-order valence-electron chi connectivity index (χ1n) is 14.8. The first-order valence-corrected chi connectivity index (χ1v) is 14.8. The Morgan fingerprint density at radius 3 is 2.55 bits per heavy atom. The number of hydrogen-bond donors (Lipinski definition) is 1. The lowest BCUT2D eigenvalue weighted by molar-refractivity contribution is -0.0283. The van der Waals surface area contributed by atoms with E-state index in [-0.39, 0.29) is 11.4 Å². The Morgan fingerprint density at radius 2 is 1.86 bits per heavy atom. The van der Waals surface area contributed by atoms with Crippen molar-refractivity contribution in [1.82, 2.24) is 34.2 Å². The highest BCUT2D eigenvalue weighted by Crippen LogP contribution is 2.41. The van der Waals surface area contributed by atoms with Crippen molar-refractivity contribution < 1.29 is 4.79 Å². The molecule has 1 aromatic carbocycles.